The van der Waals surface area contributed by atoms with Crippen molar-refractivity contribution in [1.29, 1.82) is 0 Å². The second-order valence-electron chi connectivity index (χ2n) is 7.01. The van der Waals surface area contributed by atoms with Crippen LogP contribution in [0.15, 0.2) is 48.5 Å². The molecule has 2 heterocycles. The monoisotopic (exact) mass is 388 g/mol. The number of aryl methyl sites for hydroxylation is 2. The van der Waals surface area contributed by atoms with Crippen molar-refractivity contribution >= 4 is 28.8 Å². The number of anilines is 1. The molecular formula is C22H20N4O3. The summed E-state index contributed by atoms with van der Waals surface area (Å²) in [7, 11) is 1.74. The van der Waals surface area contributed by atoms with E-state index in [9.17, 15) is 14.7 Å². The highest BCUT2D eigenvalue weighted by atomic mass is 16.3. The van der Waals surface area contributed by atoms with E-state index in [2.05, 4.69) is 15.4 Å². The highest BCUT2D eigenvalue weighted by Crippen LogP contribution is 2.27. The van der Waals surface area contributed by atoms with Gasteiger partial charge in [-0.15, -0.1) is 0 Å². The number of amides is 1. The number of carbonyl (C=O) groups excluding carboxylic acids is 2. The van der Waals surface area contributed by atoms with E-state index in [1.54, 1.807) is 17.8 Å². The summed E-state index contributed by atoms with van der Waals surface area (Å²) in [5.41, 5.74) is 5.00. The van der Waals surface area contributed by atoms with Gasteiger partial charge in [-0.05, 0) is 48.7 Å². The van der Waals surface area contributed by atoms with Gasteiger partial charge in [0, 0.05) is 23.6 Å². The molecule has 0 spiro atoms. The molecule has 2 aromatic carbocycles. The van der Waals surface area contributed by atoms with Gasteiger partial charge in [-0.2, -0.15) is 5.10 Å². The van der Waals surface area contributed by atoms with Gasteiger partial charge in [-0.1, -0.05) is 24.3 Å². The maximum absolute atomic E-state index is 12.5. The van der Waals surface area contributed by atoms with E-state index < -0.39 is 0 Å². The average molecular weight is 388 g/mol. The molecule has 1 amide bonds. The van der Waals surface area contributed by atoms with E-state index in [0.717, 1.165) is 16.8 Å². The summed E-state index contributed by atoms with van der Waals surface area (Å²) in [5, 5.41) is 17.6. The zero-order valence-electron chi connectivity index (χ0n) is 16.1. The lowest BCUT2D eigenvalue weighted by molar-refractivity contribution is 0.101. The molecule has 0 saturated carbocycles. The molecule has 0 bridgehead atoms. The summed E-state index contributed by atoms with van der Waals surface area (Å²) in [4.78, 5) is 26.4. The minimum Gasteiger partial charge on any atom is -0.494 e. The molecule has 0 fully saturated rings. The van der Waals surface area contributed by atoms with Crippen LogP contribution in [0.3, 0.4) is 0 Å². The third-order valence-corrected chi connectivity index (χ3v) is 4.83. The lowest BCUT2D eigenvalue weighted by atomic mass is 10.0. The van der Waals surface area contributed by atoms with Gasteiger partial charge in [0.2, 0.25) is 0 Å². The Labute approximate surface area is 167 Å². The highest BCUT2D eigenvalue weighted by molar-refractivity contribution is 6.03. The Kier molecular flexibility index (Phi) is 4.64. The molecule has 0 aliphatic carbocycles. The molecule has 2 aromatic heterocycles. The van der Waals surface area contributed by atoms with Crippen LogP contribution in [0.25, 0.3) is 10.9 Å². The SMILES string of the molecule is Cc1cc(C(=O)Nc2cccc(Cc3ccc4c(C=O)c(O)[nH]c4c3)c2)n(C)n1. The molecule has 3 N–H and O–H groups in total. The predicted octanol–water partition coefficient (Wildman–Crippen LogP) is 3.57. The molecule has 7 nitrogen and oxygen atoms in total. The van der Waals surface area contributed by atoms with Crippen LogP contribution < -0.4 is 5.32 Å². The Hall–Kier alpha value is -3.87. The van der Waals surface area contributed by atoms with Gasteiger partial charge in [0.05, 0.1) is 11.3 Å². The zero-order chi connectivity index (χ0) is 20.5. The van der Waals surface area contributed by atoms with Crippen molar-refractivity contribution in [3.8, 4) is 5.88 Å². The van der Waals surface area contributed by atoms with Crippen molar-refractivity contribution in [2.75, 3.05) is 5.32 Å². The first-order chi connectivity index (χ1) is 13.9. The minimum absolute atomic E-state index is 0.123. The molecule has 0 saturated heterocycles. The van der Waals surface area contributed by atoms with E-state index in [1.165, 1.54) is 0 Å². The number of benzene rings is 2. The highest BCUT2D eigenvalue weighted by Gasteiger charge is 2.13. The Balaban J connectivity index is 1.54. The van der Waals surface area contributed by atoms with Gasteiger partial charge >= 0.3 is 0 Å². The number of H-pyrrole nitrogens is 1. The Morgan fingerprint density at radius 1 is 1.21 bits per heavy atom. The summed E-state index contributed by atoms with van der Waals surface area (Å²) in [6.07, 6.45) is 1.28. The van der Waals surface area contributed by atoms with Crippen LogP contribution in [-0.2, 0) is 13.5 Å². The third kappa shape index (κ3) is 3.62. The molecule has 4 rings (SSSR count). The van der Waals surface area contributed by atoms with Crippen molar-refractivity contribution in [2.24, 2.45) is 7.05 Å². The molecular weight excluding hydrogens is 368 g/mol. The fraction of sp³-hybridized carbons (Fsp3) is 0.136. The quantitative estimate of drug-likeness (QED) is 0.455. The maximum Gasteiger partial charge on any atom is 0.273 e. The van der Waals surface area contributed by atoms with E-state index in [4.69, 9.17) is 0 Å². The van der Waals surface area contributed by atoms with Gasteiger partial charge in [-0.3, -0.25) is 14.3 Å². The van der Waals surface area contributed by atoms with Crippen LogP contribution in [0, 0.1) is 6.92 Å². The van der Waals surface area contributed by atoms with Gasteiger partial charge in [0.25, 0.3) is 5.91 Å². The lowest BCUT2D eigenvalue weighted by Gasteiger charge is -2.08. The summed E-state index contributed by atoms with van der Waals surface area (Å²) in [5.74, 6) is -0.336. The van der Waals surface area contributed by atoms with Crippen molar-refractivity contribution in [3.63, 3.8) is 0 Å². The van der Waals surface area contributed by atoms with Gasteiger partial charge in [0.1, 0.15) is 5.69 Å². The van der Waals surface area contributed by atoms with Gasteiger partial charge in [0.15, 0.2) is 12.2 Å². The van der Waals surface area contributed by atoms with E-state index in [-0.39, 0.29) is 17.4 Å². The third-order valence-electron chi connectivity index (χ3n) is 4.83. The number of aromatic nitrogens is 3. The number of aldehydes is 1. The van der Waals surface area contributed by atoms with Crippen LogP contribution >= 0.6 is 0 Å². The fourth-order valence-electron chi connectivity index (χ4n) is 3.49. The Bertz CT molecular complexity index is 1240. The van der Waals surface area contributed by atoms with Crippen molar-refractivity contribution in [3.05, 3.63) is 76.6 Å². The van der Waals surface area contributed by atoms with Crippen LogP contribution in [0.4, 0.5) is 5.69 Å². The molecule has 146 valence electrons. The Morgan fingerprint density at radius 3 is 2.72 bits per heavy atom. The number of hydrogen-bond acceptors (Lipinski definition) is 4. The summed E-state index contributed by atoms with van der Waals surface area (Å²) >= 11 is 0. The average Bonchev–Trinajstić information content (AvgIpc) is 3.18. The number of hydrogen-bond donors (Lipinski definition) is 3. The Morgan fingerprint density at radius 2 is 2.00 bits per heavy atom. The number of rotatable bonds is 5. The second-order valence-corrected chi connectivity index (χ2v) is 7.01. The van der Waals surface area contributed by atoms with Crippen molar-refractivity contribution in [2.45, 2.75) is 13.3 Å². The molecule has 0 aliphatic heterocycles. The smallest absolute Gasteiger partial charge is 0.273 e. The number of carbonyl (C=O) groups is 2. The van der Waals surface area contributed by atoms with Crippen molar-refractivity contribution in [1.82, 2.24) is 14.8 Å². The summed E-state index contributed by atoms with van der Waals surface area (Å²) < 4.78 is 1.56. The largest absolute Gasteiger partial charge is 0.494 e. The summed E-state index contributed by atoms with van der Waals surface area (Å²) in [6.45, 7) is 1.84. The number of nitrogens with zero attached hydrogens (tertiary/aromatic N) is 2. The number of aromatic hydroxyl groups is 1. The van der Waals surface area contributed by atoms with E-state index in [1.807, 2.05) is 49.4 Å². The fourth-order valence-corrected chi connectivity index (χ4v) is 3.49. The first-order valence-corrected chi connectivity index (χ1v) is 9.14. The van der Waals surface area contributed by atoms with E-state index >= 15 is 0 Å². The minimum atomic E-state index is -0.213. The first-order valence-electron chi connectivity index (χ1n) is 9.14. The second kappa shape index (κ2) is 7.27. The predicted molar refractivity (Wildman–Crippen MR) is 110 cm³/mol. The standard InChI is InChI=1S/C22H20N4O3/c1-13-8-20(26(2)25-13)22(29)23-16-5-3-4-14(10-16)9-15-6-7-17-18(12-27)21(28)24-19(17)11-15/h3-8,10-12,24,28H,9H2,1-2H3,(H,23,29). The lowest BCUT2D eigenvalue weighted by Crippen LogP contribution is -2.16. The van der Waals surface area contributed by atoms with Crippen LogP contribution in [-0.4, -0.2) is 32.1 Å². The van der Waals surface area contributed by atoms with Gasteiger partial charge in [-0.25, -0.2) is 0 Å². The van der Waals surface area contributed by atoms with Crippen LogP contribution in [0.5, 0.6) is 5.88 Å². The molecule has 0 atom stereocenters. The number of nitrogens with one attached hydrogen (secondary N) is 2. The molecule has 29 heavy (non-hydrogen) atoms. The molecule has 0 aliphatic rings. The van der Waals surface area contributed by atoms with Crippen LogP contribution in [0.2, 0.25) is 0 Å². The molecule has 4 aromatic rings. The molecule has 0 radical (unpaired) electrons. The first kappa shape index (κ1) is 18.5. The normalized spacial score (nSPS) is 11.0. The van der Waals surface area contributed by atoms with Crippen molar-refractivity contribution < 1.29 is 14.7 Å². The summed E-state index contributed by atoms with van der Waals surface area (Å²) in [6, 6.07) is 15.0. The number of fused-ring (bicyclic) bond motifs is 1. The topological polar surface area (TPSA) is 100 Å². The zero-order valence-corrected chi connectivity index (χ0v) is 16.1. The molecule has 7 heteroatoms. The maximum atomic E-state index is 12.5. The molecule has 0 unspecified atom stereocenters. The van der Waals surface area contributed by atoms with Gasteiger partial charge < -0.3 is 15.4 Å². The van der Waals surface area contributed by atoms with E-state index in [0.29, 0.717) is 35.0 Å². The number of aromatic amines is 1. The van der Waals surface area contributed by atoms with Crippen LogP contribution in [0.1, 0.15) is 37.7 Å².